The van der Waals surface area contributed by atoms with Crippen molar-refractivity contribution in [3.05, 3.63) is 45.8 Å². The van der Waals surface area contributed by atoms with Gasteiger partial charge in [-0.3, -0.25) is 19.3 Å². The van der Waals surface area contributed by atoms with Crippen molar-refractivity contribution in [1.29, 1.82) is 0 Å². The maximum Gasteiger partial charge on any atom is 0.307 e. The molecule has 0 saturated carbocycles. The number of amides is 2. The lowest BCUT2D eigenvalue weighted by atomic mass is 10.1. The topological polar surface area (TPSA) is 113 Å². The van der Waals surface area contributed by atoms with Gasteiger partial charge in [0.15, 0.2) is 0 Å². The summed E-state index contributed by atoms with van der Waals surface area (Å²) in [4.78, 5) is 39.5. The zero-order valence-electron chi connectivity index (χ0n) is 18.8. The molecule has 0 saturated heterocycles. The molecule has 1 aliphatic rings. The first-order chi connectivity index (χ1) is 16.1. The molecule has 12 heteroatoms. The summed E-state index contributed by atoms with van der Waals surface area (Å²) in [6.07, 6.45) is -0.105. The summed E-state index contributed by atoms with van der Waals surface area (Å²) in [6.45, 7) is -0.0453. The molecule has 9 nitrogen and oxygen atoms in total. The predicted molar refractivity (Wildman–Crippen MR) is 135 cm³/mol. The van der Waals surface area contributed by atoms with Crippen molar-refractivity contribution in [2.75, 3.05) is 44.9 Å². The van der Waals surface area contributed by atoms with Gasteiger partial charge in [-0.2, -0.15) is 0 Å². The lowest BCUT2D eigenvalue weighted by molar-refractivity contribution is -0.142. The van der Waals surface area contributed by atoms with E-state index in [0.29, 0.717) is 5.39 Å². The summed E-state index contributed by atoms with van der Waals surface area (Å²) >= 11 is 4.20. The number of hydrogen-bond donors (Lipinski definition) is 1. The number of nitrogens with one attached hydrogen (secondary N) is 1. The second-order valence-electron chi connectivity index (χ2n) is 7.50. The molecule has 0 radical (unpaired) electrons. The van der Waals surface area contributed by atoms with Crippen LogP contribution < -0.4 is 9.62 Å². The Morgan fingerprint density at radius 1 is 1.12 bits per heavy atom. The van der Waals surface area contributed by atoms with Crippen molar-refractivity contribution in [2.45, 2.75) is 11.3 Å². The van der Waals surface area contributed by atoms with Crippen LogP contribution in [0.3, 0.4) is 0 Å². The predicted octanol–water partition coefficient (Wildman–Crippen LogP) is 2.46. The van der Waals surface area contributed by atoms with Gasteiger partial charge in [0, 0.05) is 49.4 Å². The van der Waals surface area contributed by atoms with Gasteiger partial charge in [0.05, 0.1) is 23.3 Å². The third-order valence-corrected chi connectivity index (χ3v) is 8.70. The van der Waals surface area contributed by atoms with Gasteiger partial charge in [-0.25, -0.2) is 13.1 Å². The summed E-state index contributed by atoms with van der Waals surface area (Å²) < 4.78 is 33.2. The summed E-state index contributed by atoms with van der Waals surface area (Å²) in [5.74, 6) is -1.37. The average molecular weight is 570 g/mol. The van der Waals surface area contributed by atoms with Crippen LogP contribution in [0.2, 0.25) is 0 Å². The minimum atomic E-state index is -3.82. The Balaban J connectivity index is 1.66. The maximum atomic E-state index is 13.0. The fourth-order valence-corrected chi connectivity index (χ4v) is 6.42. The number of methoxy groups -OCH3 is 1. The van der Waals surface area contributed by atoms with Gasteiger partial charge in [0.25, 0.3) is 11.8 Å². The number of carbonyl (C=O) groups is 3. The molecule has 1 aliphatic heterocycles. The van der Waals surface area contributed by atoms with Crippen LogP contribution >= 0.6 is 27.7 Å². The smallest absolute Gasteiger partial charge is 0.307 e. The molecule has 2 aromatic carbocycles. The van der Waals surface area contributed by atoms with E-state index in [9.17, 15) is 22.8 Å². The molecule has 1 N–H and O–H groups in total. The Morgan fingerprint density at radius 2 is 1.79 bits per heavy atom. The number of anilines is 1. The quantitative estimate of drug-likeness (QED) is 0.264. The maximum absolute atomic E-state index is 13.0. The molecule has 0 aromatic heterocycles. The van der Waals surface area contributed by atoms with Gasteiger partial charge in [-0.1, -0.05) is 24.3 Å². The Kier molecular flexibility index (Phi) is 8.39. The molecule has 182 valence electrons. The highest BCUT2D eigenvalue weighted by atomic mass is 79.9. The van der Waals surface area contributed by atoms with Crippen LogP contribution in [0.25, 0.3) is 10.8 Å². The Hall–Kier alpha value is -2.41. The lowest BCUT2D eigenvalue weighted by Gasteiger charge is -2.17. The lowest BCUT2D eigenvalue weighted by Crippen LogP contribution is -2.33. The first kappa shape index (κ1) is 26.2. The number of benzene rings is 2. The van der Waals surface area contributed by atoms with E-state index in [0.717, 1.165) is 27.7 Å². The van der Waals surface area contributed by atoms with Crippen LogP contribution in [0, 0.1) is 0 Å². The molecule has 0 atom stereocenters. The second kappa shape index (κ2) is 10.9. The number of nitrogens with zero attached hydrogens (tertiary/aromatic N) is 2. The first-order valence-electron chi connectivity index (χ1n) is 10.2. The number of carbonyl (C=O) groups excluding carboxylic acids is 3. The highest BCUT2D eigenvalue weighted by molar-refractivity contribution is 9.12. The van der Waals surface area contributed by atoms with E-state index in [-0.39, 0.29) is 39.5 Å². The Morgan fingerprint density at radius 3 is 2.47 bits per heavy atom. The summed E-state index contributed by atoms with van der Waals surface area (Å²) in [7, 11) is 1.20. The van der Waals surface area contributed by atoms with Gasteiger partial charge in [-0.05, 0) is 28.1 Å². The number of ether oxygens (including phenoxy) is 1. The van der Waals surface area contributed by atoms with E-state index >= 15 is 0 Å². The summed E-state index contributed by atoms with van der Waals surface area (Å²) in [6, 6.07) is 10.6. The minimum absolute atomic E-state index is 0.0458. The minimum Gasteiger partial charge on any atom is -0.469 e. The highest BCUT2D eigenvalue weighted by Gasteiger charge is 2.37. The van der Waals surface area contributed by atoms with E-state index in [1.807, 2.05) is 37.2 Å². The average Bonchev–Trinajstić information content (AvgIpc) is 3.01. The van der Waals surface area contributed by atoms with Crippen molar-refractivity contribution >= 4 is 72.0 Å². The number of hydrogen-bond acceptors (Lipinski definition) is 8. The zero-order valence-corrected chi connectivity index (χ0v) is 22.0. The standard InChI is InChI=1S/C22H24BrN3O6S2/c1-25(2)16-8-4-7-15-14(16)6-5-9-17(15)34(30,31)24-11-13-33-20-19(23)21(28)26(22(20)29)12-10-18(27)32-3/h4-9,24H,10-13H2,1-3H3. The number of halogens is 1. The summed E-state index contributed by atoms with van der Waals surface area (Å²) in [5.41, 5.74) is 0.906. The van der Waals surface area contributed by atoms with Crippen LogP contribution in [0.4, 0.5) is 5.69 Å². The number of fused-ring (bicyclic) bond motifs is 1. The van der Waals surface area contributed by atoms with Crippen molar-refractivity contribution in [3.63, 3.8) is 0 Å². The van der Waals surface area contributed by atoms with Gasteiger partial charge < -0.3 is 9.64 Å². The van der Waals surface area contributed by atoms with Crippen molar-refractivity contribution < 1.29 is 27.5 Å². The van der Waals surface area contributed by atoms with E-state index in [1.54, 1.807) is 18.2 Å². The zero-order chi connectivity index (χ0) is 25.0. The first-order valence-corrected chi connectivity index (χ1v) is 13.5. The SMILES string of the molecule is COC(=O)CCN1C(=O)C(Br)=C(SCCNS(=O)(=O)c2cccc3c(N(C)C)cccc23)C1=O. The molecule has 2 amide bonds. The number of esters is 1. The van der Waals surface area contributed by atoms with Gasteiger partial charge in [-0.15, -0.1) is 11.8 Å². The fraction of sp³-hybridized carbons (Fsp3) is 0.318. The van der Waals surface area contributed by atoms with E-state index in [2.05, 4.69) is 25.4 Å². The highest BCUT2D eigenvalue weighted by Crippen LogP contribution is 2.33. The molecule has 0 spiro atoms. The van der Waals surface area contributed by atoms with E-state index < -0.39 is 27.8 Å². The molecular formula is C22H24BrN3O6S2. The van der Waals surface area contributed by atoms with Crippen LogP contribution in [0.5, 0.6) is 0 Å². The largest absolute Gasteiger partial charge is 0.469 e. The monoisotopic (exact) mass is 569 g/mol. The number of rotatable bonds is 10. The van der Waals surface area contributed by atoms with Crippen LogP contribution in [-0.4, -0.2) is 71.1 Å². The molecule has 3 rings (SSSR count). The Bertz CT molecular complexity index is 1280. The van der Waals surface area contributed by atoms with Gasteiger partial charge >= 0.3 is 5.97 Å². The van der Waals surface area contributed by atoms with Crippen LogP contribution in [0.1, 0.15) is 6.42 Å². The normalized spacial score (nSPS) is 14.3. The van der Waals surface area contributed by atoms with Crippen molar-refractivity contribution in [2.24, 2.45) is 0 Å². The molecular weight excluding hydrogens is 546 g/mol. The van der Waals surface area contributed by atoms with Crippen LogP contribution in [0.15, 0.2) is 50.7 Å². The summed E-state index contributed by atoms with van der Waals surface area (Å²) in [5, 5.41) is 1.43. The van der Waals surface area contributed by atoms with Crippen molar-refractivity contribution in [3.8, 4) is 0 Å². The fourth-order valence-electron chi connectivity index (χ4n) is 3.45. The van der Waals surface area contributed by atoms with E-state index in [1.165, 1.54) is 7.11 Å². The molecule has 0 fully saturated rings. The van der Waals surface area contributed by atoms with Crippen LogP contribution in [-0.2, 0) is 29.1 Å². The molecule has 0 unspecified atom stereocenters. The molecule has 34 heavy (non-hydrogen) atoms. The molecule has 0 aliphatic carbocycles. The van der Waals surface area contributed by atoms with Gasteiger partial charge in [0.2, 0.25) is 10.0 Å². The second-order valence-corrected chi connectivity index (χ2v) is 11.1. The molecule has 1 heterocycles. The third kappa shape index (κ3) is 5.45. The van der Waals surface area contributed by atoms with E-state index in [4.69, 9.17) is 0 Å². The van der Waals surface area contributed by atoms with Gasteiger partial charge in [0.1, 0.15) is 4.48 Å². The number of sulfonamides is 1. The third-order valence-electron chi connectivity index (χ3n) is 5.11. The van der Waals surface area contributed by atoms with Crippen molar-refractivity contribution in [1.82, 2.24) is 9.62 Å². The number of thioether (sulfide) groups is 1. The Labute approximate surface area is 210 Å². The molecule has 0 bridgehead atoms. The molecule has 2 aromatic rings. The number of imide groups is 1.